The molecule has 0 atom stereocenters. The van der Waals surface area contributed by atoms with Crippen LogP contribution in [-0.2, 0) is 28.4 Å². The lowest BCUT2D eigenvalue weighted by Crippen LogP contribution is -2.47. The Balaban J connectivity index is 1.81. The Morgan fingerprint density at radius 2 is 2.06 bits per heavy atom. The fourth-order valence-corrected chi connectivity index (χ4v) is 6.44. The van der Waals surface area contributed by atoms with Gasteiger partial charge in [0.1, 0.15) is 20.2 Å². The summed E-state index contributed by atoms with van der Waals surface area (Å²) in [4.78, 5) is 41.0. The van der Waals surface area contributed by atoms with Crippen molar-refractivity contribution in [1.29, 1.82) is 5.26 Å². The molecule has 1 fully saturated rings. The molecule has 0 bridgehead atoms. The van der Waals surface area contributed by atoms with Crippen LogP contribution in [0.5, 0.6) is 0 Å². The Kier molecular flexibility index (Phi) is 5.45. The van der Waals surface area contributed by atoms with Crippen LogP contribution in [0, 0.1) is 11.3 Å². The second-order valence-electron chi connectivity index (χ2n) is 9.05. The van der Waals surface area contributed by atoms with Crippen molar-refractivity contribution < 1.29 is 17.9 Å². The Morgan fingerprint density at radius 1 is 1.38 bits per heavy atom. The molecule has 12 nitrogen and oxygen atoms in total. The van der Waals surface area contributed by atoms with Crippen molar-refractivity contribution in [2.75, 3.05) is 0 Å². The van der Waals surface area contributed by atoms with E-state index in [0.717, 1.165) is 10.6 Å². The van der Waals surface area contributed by atoms with Crippen LogP contribution in [0.25, 0.3) is 10.2 Å². The molecule has 3 aromatic heterocycles. The molecule has 1 saturated carbocycles. The summed E-state index contributed by atoms with van der Waals surface area (Å²) in [6.07, 6.45) is 2.32. The molecule has 34 heavy (non-hydrogen) atoms. The minimum Gasteiger partial charge on any atom is -0.443 e. The van der Waals surface area contributed by atoms with Gasteiger partial charge < -0.3 is 4.74 Å². The predicted octanol–water partition coefficient (Wildman–Crippen LogP) is 1.52. The van der Waals surface area contributed by atoms with Crippen LogP contribution >= 0.6 is 11.3 Å². The minimum atomic E-state index is -4.57. The maximum atomic E-state index is 13.5. The third kappa shape index (κ3) is 4.12. The Morgan fingerprint density at radius 3 is 2.59 bits per heavy atom. The number of aromatic amines is 1. The average Bonchev–Trinajstić information content (AvgIpc) is 3.16. The fraction of sp³-hybridized carbons (Fsp3) is 0.450. The van der Waals surface area contributed by atoms with Crippen LogP contribution in [0.4, 0.5) is 4.79 Å². The fourth-order valence-electron chi connectivity index (χ4n) is 3.40. The van der Waals surface area contributed by atoms with E-state index in [9.17, 15) is 28.1 Å². The lowest BCUT2D eigenvalue weighted by Gasteiger charge is -2.29. The Bertz CT molecular complexity index is 1560. The van der Waals surface area contributed by atoms with Crippen LogP contribution in [0.1, 0.15) is 39.2 Å². The first-order valence-electron chi connectivity index (χ1n) is 10.2. The van der Waals surface area contributed by atoms with Gasteiger partial charge in [0.15, 0.2) is 0 Å². The zero-order chi connectivity index (χ0) is 25.1. The monoisotopic (exact) mass is 506 g/mol. The Hall–Kier alpha value is -3.44. The van der Waals surface area contributed by atoms with Gasteiger partial charge in [0.25, 0.3) is 15.6 Å². The van der Waals surface area contributed by atoms with Crippen LogP contribution in [0.15, 0.2) is 32.3 Å². The molecule has 0 unspecified atom stereocenters. The number of hydrogen-bond acceptors (Lipinski definition) is 9. The van der Waals surface area contributed by atoms with Gasteiger partial charge >= 0.3 is 11.8 Å². The number of nitriles is 1. The highest BCUT2D eigenvalue weighted by Gasteiger charge is 2.58. The number of carbonyl (C=O) groups is 1. The summed E-state index contributed by atoms with van der Waals surface area (Å²) in [5, 5.41) is 13.6. The first-order valence-corrected chi connectivity index (χ1v) is 12.5. The summed E-state index contributed by atoms with van der Waals surface area (Å²) < 4.78 is 34.9. The summed E-state index contributed by atoms with van der Waals surface area (Å²) >= 11 is 0.638. The molecule has 1 aliphatic rings. The number of thiophene rings is 1. The van der Waals surface area contributed by atoms with Gasteiger partial charge in [0, 0.05) is 18.8 Å². The summed E-state index contributed by atoms with van der Waals surface area (Å²) in [5.41, 5.74) is -3.34. The molecule has 14 heteroatoms. The number of sulfonamides is 1. The van der Waals surface area contributed by atoms with E-state index in [2.05, 4.69) is 10.1 Å². The van der Waals surface area contributed by atoms with Crippen LogP contribution in [0.2, 0.25) is 0 Å². The number of aryl methyl sites for hydroxylation is 1. The van der Waals surface area contributed by atoms with E-state index in [1.54, 1.807) is 34.0 Å². The molecule has 1 amide bonds. The highest BCUT2D eigenvalue weighted by Crippen LogP contribution is 2.45. The van der Waals surface area contributed by atoms with E-state index in [1.807, 2.05) is 6.07 Å². The number of ether oxygens (including phenoxy) is 1. The van der Waals surface area contributed by atoms with Crippen molar-refractivity contribution in [3.05, 3.63) is 44.9 Å². The summed E-state index contributed by atoms with van der Waals surface area (Å²) in [7, 11) is -2.87. The van der Waals surface area contributed by atoms with Gasteiger partial charge in [-0.3, -0.25) is 19.0 Å². The van der Waals surface area contributed by atoms with Crippen molar-refractivity contribution in [3.63, 3.8) is 0 Å². The zero-order valence-corrected chi connectivity index (χ0v) is 20.5. The van der Waals surface area contributed by atoms with Crippen LogP contribution < -0.4 is 11.2 Å². The molecule has 3 aromatic rings. The number of nitrogens with zero attached hydrogens (tertiary/aromatic N) is 5. The molecule has 3 heterocycles. The number of carbonyl (C=O) groups excluding carboxylic acids is 1. The smallest absolute Gasteiger partial charge is 0.425 e. The summed E-state index contributed by atoms with van der Waals surface area (Å²) in [6, 6.07) is 3.02. The van der Waals surface area contributed by atoms with E-state index >= 15 is 0 Å². The van der Waals surface area contributed by atoms with E-state index in [-0.39, 0.29) is 33.8 Å². The van der Waals surface area contributed by atoms with Gasteiger partial charge in [0.2, 0.25) is 0 Å². The topological polar surface area (TPSA) is 160 Å². The van der Waals surface area contributed by atoms with E-state index in [1.165, 1.54) is 10.9 Å². The van der Waals surface area contributed by atoms with Gasteiger partial charge in [-0.2, -0.15) is 23.1 Å². The average molecular weight is 507 g/mol. The number of nitrogens with one attached hydrogen (secondary N) is 1. The second-order valence-corrected chi connectivity index (χ2v) is 12.1. The summed E-state index contributed by atoms with van der Waals surface area (Å²) in [5.74, 6) is 0. The summed E-state index contributed by atoms with van der Waals surface area (Å²) in [6.45, 7) is 4.68. The number of fused-ring (bicyclic) bond motifs is 1. The van der Waals surface area contributed by atoms with Gasteiger partial charge in [-0.05, 0) is 39.7 Å². The number of aromatic nitrogens is 4. The molecular formula is C20H22N6O6S2. The van der Waals surface area contributed by atoms with E-state index < -0.39 is 38.5 Å². The first-order chi connectivity index (χ1) is 15.8. The van der Waals surface area contributed by atoms with Crippen molar-refractivity contribution in [3.8, 4) is 6.07 Å². The lowest BCUT2D eigenvalue weighted by atomic mass is 10.2. The normalized spacial score (nSPS) is 15.1. The van der Waals surface area contributed by atoms with Crippen molar-refractivity contribution in [2.45, 2.75) is 55.5 Å². The molecule has 0 aromatic carbocycles. The quantitative estimate of drug-likeness (QED) is 0.545. The van der Waals surface area contributed by atoms with Crippen molar-refractivity contribution in [1.82, 2.24) is 23.6 Å². The Labute approximate surface area is 198 Å². The van der Waals surface area contributed by atoms with Gasteiger partial charge in [-0.1, -0.05) is 0 Å². The molecule has 0 saturated heterocycles. The van der Waals surface area contributed by atoms with Gasteiger partial charge in [0.05, 0.1) is 24.2 Å². The zero-order valence-electron chi connectivity index (χ0n) is 18.9. The standard InChI is InChI=1S/C20H22N6O6S2/c1-19(2,3)32-18(29)26(20(11-21)5-6-20)34(30,31)14-7-13-15(33-14)23-17(28)25(16(13)27)10-12-8-22-24(4)9-12/h7-9H,5-6,10H2,1-4H3,(H,23,28). The first kappa shape index (κ1) is 23.7. The highest BCUT2D eigenvalue weighted by atomic mass is 32.2. The number of amides is 1. The molecule has 0 aliphatic heterocycles. The highest BCUT2D eigenvalue weighted by molar-refractivity contribution is 7.92. The molecule has 0 spiro atoms. The predicted molar refractivity (Wildman–Crippen MR) is 122 cm³/mol. The SMILES string of the molecule is Cn1cc(Cn2c(=O)[nH]c3sc(S(=O)(=O)N(C(=O)OC(C)(C)C)C4(C#N)CC4)cc3c2=O)cn1. The second kappa shape index (κ2) is 7.81. The van der Waals surface area contributed by atoms with E-state index in [4.69, 9.17) is 4.74 Å². The van der Waals surface area contributed by atoms with Crippen LogP contribution in [-0.4, -0.2) is 49.3 Å². The van der Waals surface area contributed by atoms with Crippen molar-refractivity contribution in [2.24, 2.45) is 7.05 Å². The third-order valence-corrected chi connectivity index (χ3v) is 8.46. The maximum Gasteiger partial charge on any atom is 0.425 e. The van der Waals surface area contributed by atoms with Gasteiger partial charge in [-0.15, -0.1) is 11.3 Å². The number of rotatable bonds is 5. The number of H-pyrrole nitrogens is 1. The molecule has 1 N–H and O–H groups in total. The van der Waals surface area contributed by atoms with Gasteiger partial charge in [-0.25, -0.2) is 9.59 Å². The molecule has 4 rings (SSSR count). The van der Waals surface area contributed by atoms with Crippen molar-refractivity contribution >= 4 is 37.7 Å². The lowest BCUT2D eigenvalue weighted by molar-refractivity contribution is 0.0351. The number of hydrogen-bond donors (Lipinski definition) is 1. The van der Waals surface area contributed by atoms with Crippen LogP contribution in [0.3, 0.4) is 0 Å². The molecule has 0 radical (unpaired) electrons. The maximum absolute atomic E-state index is 13.5. The minimum absolute atomic E-state index is 0.0296. The largest absolute Gasteiger partial charge is 0.443 e. The third-order valence-electron chi connectivity index (χ3n) is 5.12. The molecular weight excluding hydrogens is 484 g/mol. The van der Waals surface area contributed by atoms with E-state index in [0.29, 0.717) is 21.2 Å². The molecule has 180 valence electrons. The molecule has 1 aliphatic carbocycles.